The number of nitrogens with zero attached hydrogens (tertiary/aromatic N) is 2. The van der Waals surface area contributed by atoms with E-state index in [1.165, 1.54) is 4.90 Å². The van der Waals surface area contributed by atoms with Gasteiger partial charge in [0, 0.05) is 19.2 Å². The van der Waals surface area contributed by atoms with Crippen LogP contribution in [0.25, 0.3) is 0 Å². The van der Waals surface area contributed by atoms with Crippen LogP contribution < -0.4 is 9.62 Å². The van der Waals surface area contributed by atoms with Crippen LogP contribution in [0.4, 0.5) is 14.5 Å². The molecule has 1 atom stereocenters. The highest BCUT2D eigenvalue weighted by Gasteiger charge is 2.31. The van der Waals surface area contributed by atoms with Gasteiger partial charge < -0.3 is 10.2 Å². The van der Waals surface area contributed by atoms with Crippen LogP contribution in [0.2, 0.25) is 0 Å². The fourth-order valence-electron chi connectivity index (χ4n) is 3.44. The molecular formula is C23H29F2N3O4S. The van der Waals surface area contributed by atoms with E-state index in [1.807, 2.05) is 30.3 Å². The molecule has 0 aliphatic heterocycles. The van der Waals surface area contributed by atoms with Gasteiger partial charge in [-0.2, -0.15) is 0 Å². The summed E-state index contributed by atoms with van der Waals surface area (Å²) in [4.78, 5) is 27.3. The van der Waals surface area contributed by atoms with E-state index in [4.69, 9.17) is 0 Å². The first-order valence-electron chi connectivity index (χ1n) is 10.6. The van der Waals surface area contributed by atoms with E-state index in [9.17, 15) is 26.8 Å². The van der Waals surface area contributed by atoms with Gasteiger partial charge in [-0.25, -0.2) is 17.2 Å². The molecule has 0 radical (unpaired) electrons. The quantitative estimate of drug-likeness (QED) is 0.535. The second kappa shape index (κ2) is 11.7. The number of rotatable bonds is 11. The molecule has 180 valence electrons. The van der Waals surface area contributed by atoms with Gasteiger partial charge in [0.15, 0.2) is 11.6 Å². The Morgan fingerprint density at radius 1 is 1.03 bits per heavy atom. The lowest BCUT2D eigenvalue weighted by Gasteiger charge is -2.32. The molecule has 0 saturated heterocycles. The lowest BCUT2D eigenvalue weighted by molar-refractivity contribution is -0.139. The van der Waals surface area contributed by atoms with Crippen molar-refractivity contribution >= 4 is 27.5 Å². The van der Waals surface area contributed by atoms with E-state index in [0.717, 1.165) is 30.0 Å². The molecule has 0 aliphatic rings. The van der Waals surface area contributed by atoms with Crippen LogP contribution in [0.1, 0.15) is 25.8 Å². The SMILES string of the molecule is CCNC(=O)C(CC)N(CCc1ccccc1)C(=O)CN(c1ccc(F)c(F)c1)S(C)(=O)=O. The second-order valence-corrected chi connectivity index (χ2v) is 9.42. The number of carbonyl (C=O) groups is 2. The molecule has 1 N–H and O–H groups in total. The summed E-state index contributed by atoms with van der Waals surface area (Å²) < 4.78 is 52.6. The Morgan fingerprint density at radius 2 is 1.70 bits per heavy atom. The number of anilines is 1. The monoisotopic (exact) mass is 481 g/mol. The largest absolute Gasteiger partial charge is 0.355 e. The van der Waals surface area contributed by atoms with Crippen molar-refractivity contribution in [2.45, 2.75) is 32.7 Å². The van der Waals surface area contributed by atoms with E-state index in [-0.39, 0.29) is 18.1 Å². The van der Waals surface area contributed by atoms with Crippen LogP contribution in [-0.2, 0) is 26.0 Å². The number of halogens is 2. The normalized spacial score (nSPS) is 12.2. The van der Waals surface area contributed by atoms with Crippen molar-refractivity contribution in [3.8, 4) is 0 Å². The zero-order valence-corrected chi connectivity index (χ0v) is 19.7. The van der Waals surface area contributed by atoms with Gasteiger partial charge in [-0.3, -0.25) is 13.9 Å². The smallest absolute Gasteiger partial charge is 0.244 e. The minimum atomic E-state index is -4.01. The lowest BCUT2D eigenvalue weighted by Crippen LogP contribution is -2.53. The molecule has 1 unspecified atom stereocenters. The summed E-state index contributed by atoms with van der Waals surface area (Å²) in [7, 11) is -4.01. The number of sulfonamides is 1. The molecular weight excluding hydrogens is 452 g/mol. The maximum atomic E-state index is 13.8. The fourth-order valence-corrected chi connectivity index (χ4v) is 4.28. The van der Waals surface area contributed by atoms with Crippen LogP contribution in [0.5, 0.6) is 0 Å². The first-order valence-corrected chi connectivity index (χ1v) is 12.5. The van der Waals surface area contributed by atoms with Gasteiger partial charge in [-0.05, 0) is 37.5 Å². The molecule has 7 nitrogen and oxygen atoms in total. The van der Waals surface area contributed by atoms with Crippen LogP contribution in [-0.4, -0.2) is 57.1 Å². The molecule has 0 saturated carbocycles. The standard InChI is InChI=1S/C23H29F2N3O4S/c1-4-21(23(30)26-5-2)27(14-13-17-9-7-6-8-10-17)22(29)16-28(33(3,31)32)18-11-12-19(24)20(25)15-18/h6-12,15,21H,4-5,13-14,16H2,1-3H3,(H,26,30). The molecule has 0 heterocycles. The topological polar surface area (TPSA) is 86.8 Å². The van der Waals surface area contributed by atoms with Crippen molar-refractivity contribution in [2.75, 3.05) is 30.2 Å². The third-order valence-electron chi connectivity index (χ3n) is 5.09. The minimum Gasteiger partial charge on any atom is -0.355 e. The maximum absolute atomic E-state index is 13.8. The average Bonchev–Trinajstić information content (AvgIpc) is 2.76. The molecule has 2 aromatic rings. The van der Waals surface area contributed by atoms with Crippen LogP contribution >= 0.6 is 0 Å². The summed E-state index contributed by atoms with van der Waals surface area (Å²) in [6.45, 7) is 3.41. The predicted molar refractivity (Wildman–Crippen MR) is 123 cm³/mol. The highest BCUT2D eigenvalue weighted by atomic mass is 32.2. The van der Waals surface area contributed by atoms with Crippen molar-refractivity contribution in [3.05, 3.63) is 65.7 Å². The summed E-state index contributed by atoms with van der Waals surface area (Å²) in [6, 6.07) is 11.1. The number of amides is 2. The van der Waals surface area contributed by atoms with Gasteiger partial charge in [0.05, 0.1) is 11.9 Å². The van der Waals surface area contributed by atoms with E-state index in [2.05, 4.69) is 5.32 Å². The average molecular weight is 482 g/mol. The molecule has 0 bridgehead atoms. The molecule has 2 amide bonds. The lowest BCUT2D eigenvalue weighted by atomic mass is 10.1. The third-order valence-corrected chi connectivity index (χ3v) is 6.23. The van der Waals surface area contributed by atoms with Gasteiger partial charge in [0.1, 0.15) is 12.6 Å². The number of nitrogens with one attached hydrogen (secondary N) is 1. The van der Waals surface area contributed by atoms with Crippen molar-refractivity contribution in [1.29, 1.82) is 0 Å². The first kappa shape index (κ1) is 26.2. The van der Waals surface area contributed by atoms with E-state index in [1.54, 1.807) is 13.8 Å². The summed E-state index contributed by atoms with van der Waals surface area (Å²) in [5, 5.41) is 2.70. The van der Waals surface area contributed by atoms with Crippen LogP contribution in [0.3, 0.4) is 0 Å². The van der Waals surface area contributed by atoms with Gasteiger partial charge in [-0.1, -0.05) is 37.3 Å². The summed E-state index contributed by atoms with van der Waals surface area (Å²) >= 11 is 0. The van der Waals surface area contributed by atoms with E-state index < -0.39 is 40.2 Å². The van der Waals surface area contributed by atoms with Crippen molar-refractivity contribution in [2.24, 2.45) is 0 Å². The molecule has 0 spiro atoms. The second-order valence-electron chi connectivity index (χ2n) is 7.51. The Bertz CT molecular complexity index is 1060. The van der Waals surface area contributed by atoms with Gasteiger partial charge in [0.25, 0.3) is 0 Å². The van der Waals surface area contributed by atoms with Crippen molar-refractivity contribution in [3.63, 3.8) is 0 Å². The number of carbonyl (C=O) groups excluding carboxylic acids is 2. The zero-order valence-electron chi connectivity index (χ0n) is 18.9. The van der Waals surface area contributed by atoms with Crippen LogP contribution in [0, 0.1) is 11.6 Å². The van der Waals surface area contributed by atoms with Gasteiger partial charge >= 0.3 is 0 Å². The van der Waals surface area contributed by atoms with Gasteiger partial charge in [-0.15, -0.1) is 0 Å². The molecule has 0 aromatic heterocycles. The highest BCUT2D eigenvalue weighted by Crippen LogP contribution is 2.21. The Labute approximate surface area is 193 Å². The Hall–Kier alpha value is -3.01. The Balaban J connectivity index is 2.36. The highest BCUT2D eigenvalue weighted by molar-refractivity contribution is 7.92. The summed E-state index contributed by atoms with van der Waals surface area (Å²) in [5.74, 6) is -3.34. The Kier molecular flexibility index (Phi) is 9.33. The zero-order chi connectivity index (χ0) is 24.6. The minimum absolute atomic E-state index is 0.174. The molecule has 2 aromatic carbocycles. The number of benzene rings is 2. The number of hydrogen-bond donors (Lipinski definition) is 1. The van der Waals surface area contributed by atoms with Crippen LogP contribution in [0.15, 0.2) is 48.5 Å². The molecule has 0 fully saturated rings. The fraction of sp³-hybridized carbons (Fsp3) is 0.391. The predicted octanol–water partition coefficient (Wildman–Crippen LogP) is 2.72. The van der Waals surface area contributed by atoms with Crippen molar-refractivity contribution in [1.82, 2.24) is 10.2 Å². The number of hydrogen-bond acceptors (Lipinski definition) is 4. The third kappa shape index (κ3) is 7.24. The molecule has 0 aliphatic carbocycles. The Morgan fingerprint density at radius 3 is 2.24 bits per heavy atom. The first-order chi connectivity index (χ1) is 15.6. The number of likely N-dealkylation sites (N-methyl/N-ethyl adjacent to an activating group) is 1. The summed E-state index contributed by atoms with van der Waals surface area (Å²) in [6.07, 6.45) is 1.64. The van der Waals surface area contributed by atoms with E-state index >= 15 is 0 Å². The molecule has 33 heavy (non-hydrogen) atoms. The maximum Gasteiger partial charge on any atom is 0.244 e. The van der Waals surface area contributed by atoms with Crippen molar-refractivity contribution < 1.29 is 26.8 Å². The van der Waals surface area contributed by atoms with E-state index in [0.29, 0.717) is 23.7 Å². The molecule has 10 heteroatoms. The molecule has 2 rings (SSSR count). The summed E-state index contributed by atoms with van der Waals surface area (Å²) in [5.41, 5.74) is 0.764. The van der Waals surface area contributed by atoms with Gasteiger partial charge in [0.2, 0.25) is 21.8 Å².